The van der Waals surface area contributed by atoms with Crippen LogP contribution in [-0.4, -0.2) is 40.4 Å². The summed E-state index contributed by atoms with van der Waals surface area (Å²) in [5, 5.41) is 5.38. The van der Waals surface area contributed by atoms with Gasteiger partial charge >= 0.3 is 0 Å². The lowest BCUT2D eigenvalue weighted by Gasteiger charge is -2.22. The highest BCUT2D eigenvalue weighted by Crippen LogP contribution is 2.14. The van der Waals surface area contributed by atoms with Crippen LogP contribution in [0.3, 0.4) is 0 Å². The number of aliphatic imine (C=N–C) groups is 1. The Morgan fingerprint density at radius 1 is 1.30 bits per heavy atom. The van der Waals surface area contributed by atoms with Gasteiger partial charge in [-0.05, 0) is 31.5 Å². The van der Waals surface area contributed by atoms with Crippen LogP contribution in [0, 0.1) is 0 Å². The van der Waals surface area contributed by atoms with Crippen LogP contribution < -0.4 is 10.1 Å². The number of benzene rings is 1. The Labute approximate surface area is 181 Å². The molecule has 8 heteroatoms. The quantitative estimate of drug-likeness (QED) is 0.303. The van der Waals surface area contributed by atoms with Crippen molar-refractivity contribution < 1.29 is 4.74 Å². The van der Waals surface area contributed by atoms with E-state index >= 15 is 0 Å². The third-order valence-corrected chi connectivity index (χ3v) is 4.66. The van der Waals surface area contributed by atoms with Crippen molar-refractivity contribution in [2.45, 2.75) is 26.9 Å². The monoisotopic (exact) mass is 499 g/mol. The fourth-order valence-corrected chi connectivity index (χ4v) is 3.40. The largest absolute Gasteiger partial charge is 0.494 e. The highest BCUT2D eigenvalue weighted by molar-refractivity contribution is 14.0. The van der Waals surface area contributed by atoms with E-state index in [0.29, 0.717) is 13.2 Å². The number of imidazole rings is 1. The molecule has 0 aliphatic rings. The molecule has 3 rings (SSSR count). The van der Waals surface area contributed by atoms with E-state index in [2.05, 4.69) is 34.3 Å². The van der Waals surface area contributed by atoms with Crippen molar-refractivity contribution in [3.05, 3.63) is 53.3 Å². The minimum absolute atomic E-state index is 0. The average Bonchev–Trinajstić information content (AvgIpc) is 3.22. The molecule has 0 fully saturated rings. The third kappa shape index (κ3) is 5.83. The van der Waals surface area contributed by atoms with Crippen LogP contribution in [0.1, 0.15) is 25.1 Å². The van der Waals surface area contributed by atoms with Gasteiger partial charge in [-0.15, -0.1) is 35.3 Å². The number of thiazole rings is 1. The summed E-state index contributed by atoms with van der Waals surface area (Å²) in [5.41, 5.74) is 2.19. The van der Waals surface area contributed by atoms with Gasteiger partial charge in [0.2, 0.25) is 0 Å². The molecule has 146 valence electrons. The Bertz CT molecular complexity index is 830. The smallest absolute Gasteiger partial charge is 0.194 e. The number of nitrogens with one attached hydrogen (secondary N) is 1. The number of halogens is 1. The molecular formula is C19H26IN5OS. The molecule has 0 unspecified atom stereocenters. The molecule has 0 bridgehead atoms. The van der Waals surface area contributed by atoms with Crippen LogP contribution in [0.25, 0.3) is 4.96 Å². The Morgan fingerprint density at radius 3 is 2.74 bits per heavy atom. The van der Waals surface area contributed by atoms with Gasteiger partial charge in [-0.2, -0.15) is 0 Å². The zero-order chi connectivity index (χ0) is 18.4. The Morgan fingerprint density at radius 2 is 2.07 bits per heavy atom. The summed E-state index contributed by atoms with van der Waals surface area (Å²) in [6.45, 7) is 6.91. The molecule has 0 aliphatic heterocycles. The van der Waals surface area contributed by atoms with Gasteiger partial charge in [-0.3, -0.25) is 4.40 Å². The summed E-state index contributed by atoms with van der Waals surface area (Å²) in [7, 11) is 2.05. The van der Waals surface area contributed by atoms with E-state index in [1.807, 2.05) is 48.3 Å². The van der Waals surface area contributed by atoms with E-state index in [-0.39, 0.29) is 24.0 Å². The second-order valence-electron chi connectivity index (χ2n) is 5.93. The number of nitrogens with zero attached hydrogens (tertiary/aromatic N) is 4. The van der Waals surface area contributed by atoms with E-state index < -0.39 is 0 Å². The zero-order valence-electron chi connectivity index (χ0n) is 15.9. The molecule has 0 atom stereocenters. The predicted molar refractivity (Wildman–Crippen MR) is 122 cm³/mol. The minimum Gasteiger partial charge on any atom is -0.494 e. The lowest BCUT2D eigenvalue weighted by Crippen LogP contribution is -2.38. The second kappa shape index (κ2) is 10.5. The molecule has 3 aromatic rings. The van der Waals surface area contributed by atoms with Crippen LogP contribution in [0.4, 0.5) is 0 Å². The molecule has 0 spiro atoms. The molecule has 0 amide bonds. The standard InChI is InChI=1S/C19H25N5OS.HI/c1-4-20-18(21-12-16-14-24-10-11-26-19(24)22-16)23(3)13-15-6-8-17(9-7-15)25-5-2;/h6-11,14H,4-5,12-13H2,1-3H3,(H,20,21);1H. The van der Waals surface area contributed by atoms with Crippen molar-refractivity contribution in [1.82, 2.24) is 19.6 Å². The van der Waals surface area contributed by atoms with Crippen molar-refractivity contribution in [1.29, 1.82) is 0 Å². The van der Waals surface area contributed by atoms with Gasteiger partial charge in [0, 0.05) is 37.9 Å². The lowest BCUT2D eigenvalue weighted by molar-refractivity contribution is 0.340. The maximum absolute atomic E-state index is 5.50. The summed E-state index contributed by atoms with van der Waals surface area (Å²) < 4.78 is 7.53. The normalized spacial score (nSPS) is 11.3. The van der Waals surface area contributed by atoms with Crippen LogP contribution in [0.5, 0.6) is 5.75 Å². The molecule has 2 heterocycles. The number of hydrogen-bond donors (Lipinski definition) is 1. The van der Waals surface area contributed by atoms with Gasteiger partial charge < -0.3 is 15.0 Å². The van der Waals surface area contributed by atoms with Crippen LogP contribution >= 0.6 is 35.3 Å². The Balaban J connectivity index is 0.00000261. The topological polar surface area (TPSA) is 54.2 Å². The van der Waals surface area contributed by atoms with Crippen LogP contribution in [-0.2, 0) is 13.1 Å². The van der Waals surface area contributed by atoms with Crippen molar-refractivity contribution in [2.24, 2.45) is 4.99 Å². The number of aromatic nitrogens is 2. The number of fused-ring (bicyclic) bond motifs is 1. The molecule has 0 saturated carbocycles. The first kappa shape index (κ1) is 21.5. The molecule has 1 N–H and O–H groups in total. The van der Waals surface area contributed by atoms with Gasteiger partial charge in [0.05, 0.1) is 18.8 Å². The maximum Gasteiger partial charge on any atom is 0.194 e. The average molecular weight is 499 g/mol. The Kier molecular flexibility index (Phi) is 8.36. The number of ether oxygens (including phenoxy) is 1. The first-order chi connectivity index (χ1) is 12.7. The van der Waals surface area contributed by atoms with Gasteiger partial charge in [0.1, 0.15) is 5.75 Å². The van der Waals surface area contributed by atoms with Crippen LogP contribution in [0.2, 0.25) is 0 Å². The van der Waals surface area contributed by atoms with Gasteiger partial charge in [-0.25, -0.2) is 9.98 Å². The summed E-state index contributed by atoms with van der Waals surface area (Å²) in [4.78, 5) is 12.5. The van der Waals surface area contributed by atoms with Crippen molar-refractivity contribution in [2.75, 3.05) is 20.2 Å². The first-order valence-electron chi connectivity index (χ1n) is 8.81. The molecular weight excluding hydrogens is 473 g/mol. The van der Waals surface area contributed by atoms with Gasteiger partial charge in [0.15, 0.2) is 10.9 Å². The summed E-state index contributed by atoms with van der Waals surface area (Å²) in [6, 6.07) is 8.20. The fourth-order valence-electron chi connectivity index (χ4n) is 2.68. The van der Waals surface area contributed by atoms with Crippen LogP contribution in [0.15, 0.2) is 47.0 Å². The maximum atomic E-state index is 5.50. The zero-order valence-corrected chi connectivity index (χ0v) is 19.0. The van der Waals surface area contributed by atoms with E-state index in [9.17, 15) is 0 Å². The van der Waals surface area contributed by atoms with E-state index in [1.165, 1.54) is 5.56 Å². The summed E-state index contributed by atoms with van der Waals surface area (Å²) in [5.74, 6) is 1.77. The van der Waals surface area contributed by atoms with Crippen molar-refractivity contribution >= 4 is 46.2 Å². The Hall–Kier alpha value is -1.81. The summed E-state index contributed by atoms with van der Waals surface area (Å²) >= 11 is 1.63. The van der Waals surface area contributed by atoms with E-state index in [0.717, 1.165) is 35.5 Å². The minimum atomic E-state index is 0. The molecule has 2 aromatic heterocycles. The second-order valence-corrected chi connectivity index (χ2v) is 6.80. The SMILES string of the molecule is CCNC(=NCc1cn2ccsc2n1)N(C)Cc1ccc(OCC)cc1.I. The number of rotatable bonds is 7. The molecule has 0 saturated heterocycles. The molecule has 27 heavy (non-hydrogen) atoms. The third-order valence-electron chi connectivity index (χ3n) is 3.88. The van der Waals surface area contributed by atoms with Gasteiger partial charge in [-0.1, -0.05) is 12.1 Å². The fraction of sp³-hybridized carbons (Fsp3) is 0.368. The molecule has 0 aliphatic carbocycles. The highest BCUT2D eigenvalue weighted by Gasteiger charge is 2.08. The number of hydrogen-bond acceptors (Lipinski definition) is 4. The highest BCUT2D eigenvalue weighted by atomic mass is 127. The molecule has 0 radical (unpaired) electrons. The van der Waals surface area contributed by atoms with Crippen molar-refractivity contribution in [3.63, 3.8) is 0 Å². The lowest BCUT2D eigenvalue weighted by atomic mass is 10.2. The van der Waals surface area contributed by atoms with Crippen molar-refractivity contribution in [3.8, 4) is 5.75 Å². The van der Waals surface area contributed by atoms with E-state index in [1.54, 1.807) is 11.3 Å². The summed E-state index contributed by atoms with van der Waals surface area (Å²) in [6.07, 6.45) is 4.05. The molecule has 1 aromatic carbocycles. The van der Waals surface area contributed by atoms with E-state index in [4.69, 9.17) is 9.73 Å². The molecule has 6 nitrogen and oxygen atoms in total. The number of guanidine groups is 1. The predicted octanol–water partition coefficient (Wildman–Crippen LogP) is 4.01. The van der Waals surface area contributed by atoms with Gasteiger partial charge in [0.25, 0.3) is 0 Å². The first-order valence-corrected chi connectivity index (χ1v) is 9.69.